The molecular weight excluding hydrogens is 298 g/mol. The van der Waals surface area contributed by atoms with E-state index in [9.17, 15) is 0 Å². The second-order valence-electron chi connectivity index (χ2n) is 4.93. The fourth-order valence-electron chi connectivity index (χ4n) is 2.32. The van der Waals surface area contributed by atoms with Crippen molar-refractivity contribution in [2.45, 2.75) is 26.3 Å². The SMILES string of the molecule is CCCc1nc(Cl)cnc1Cn1ccnc1-c1ccccn1. The van der Waals surface area contributed by atoms with Gasteiger partial charge in [0, 0.05) is 18.6 Å². The number of aryl methyl sites for hydroxylation is 1. The van der Waals surface area contributed by atoms with Gasteiger partial charge in [0.15, 0.2) is 5.82 Å². The van der Waals surface area contributed by atoms with Gasteiger partial charge in [0.25, 0.3) is 0 Å². The van der Waals surface area contributed by atoms with Crippen LogP contribution in [0.2, 0.25) is 5.15 Å². The first-order chi connectivity index (χ1) is 10.8. The summed E-state index contributed by atoms with van der Waals surface area (Å²) in [5.74, 6) is 0.819. The van der Waals surface area contributed by atoms with Gasteiger partial charge in [0.2, 0.25) is 0 Å². The van der Waals surface area contributed by atoms with Crippen molar-refractivity contribution in [3.63, 3.8) is 0 Å². The number of hydrogen-bond donors (Lipinski definition) is 0. The van der Waals surface area contributed by atoms with Gasteiger partial charge in [-0.1, -0.05) is 31.0 Å². The predicted octanol–water partition coefficient (Wildman–Crippen LogP) is 3.39. The van der Waals surface area contributed by atoms with Crippen molar-refractivity contribution >= 4 is 11.6 Å². The first-order valence-corrected chi connectivity index (χ1v) is 7.58. The van der Waals surface area contributed by atoms with Gasteiger partial charge in [-0.15, -0.1) is 0 Å². The average molecular weight is 314 g/mol. The molecule has 0 radical (unpaired) electrons. The van der Waals surface area contributed by atoms with Crippen LogP contribution in [0.15, 0.2) is 43.0 Å². The Balaban J connectivity index is 1.93. The molecular formula is C16H16ClN5. The zero-order valence-corrected chi connectivity index (χ0v) is 13.0. The smallest absolute Gasteiger partial charge is 0.158 e. The van der Waals surface area contributed by atoms with Crippen LogP contribution in [0.25, 0.3) is 11.5 Å². The standard InChI is InChI=1S/C16H16ClN5/c1-2-5-12-14(20-10-15(17)21-12)11-22-9-8-19-16(22)13-6-3-4-7-18-13/h3-4,6-10H,2,5,11H2,1H3. The molecule has 0 N–H and O–H groups in total. The zero-order valence-electron chi connectivity index (χ0n) is 12.3. The van der Waals surface area contributed by atoms with Crippen molar-refractivity contribution in [2.24, 2.45) is 0 Å². The van der Waals surface area contributed by atoms with Crippen LogP contribution in [-0.4, -0.2) is 24.5 Å². The molecule has 5 nitrogen and oxygen atoms in total. The Bertz CT molecular complexity index is 754. The highest BCUT2D eigenvalue weighted by Gasteiger charge is 2.11. The molecule has 3 aromatic heterocycles. The van der Waals surface area contributed by atoms with Crippen molar-refractivity contribution in [3.8, 4) is 11.5 Å². The molecule has 0 aliphatic rings. The molecule has 3 aromatic rings. The zero-order chi connectivity index (χ0) is 15.4. The predicted molar refractivity (Wildman–Crippen MR) is 85.6 cm³/mol. The van der Waals surface area contributed by atoms with Crippen LogP contribution in [0.1, 0.15) is 24.7 Å². The fourth-order valence-corrected chi connectivity index (χ4v) is 2.47. The van der Waals surface area contributed by atoms with Crippen molar-refractivity contribution in [3.05, 3.63) is 59.5 Å². The van der Waals surface area contributed by atoms with E-state index in [0.29, 0.717) is 11.7 Å². The number of imidazole rings is 1. The number of hydrogen-bond acceptors (Lipinski definition) is 4. The normalized spacial score (nSPS) is 10.8. The Morgan fingerprint density at radius 2 is 2.00 bits per heavy atom. The van der Waals surface area contributed by atoms with Crippen molar-refractivity contribution in [1.29, 1.82) is 0 Å². The Morgan fingerprint density at radius 3 is 2.77 bits per heavy atom. The highest BCUT2D eigenvalue weighted by Crippen LogP contribution is 2.17. The minimum Gasteiger partial charge on any atom is -0.324 e. The second kappa shape index (κ2) is 6.66. The van der Waals surface area contributed by atoms with Gasteiger partial charge in [-0.25, -0.2) is 9.97 Å². The van der Waals surface area contributed by atoms with Crippen LogP contribution in [0, 0.1) is 0 Å². The monoisotopic (exact) mass is 313 g/mol. The van der Waals surface area contributed by atoms with Crippen molar-refractivity contribution in [1.82, 2.24) is 24.5 Å². The van der Waals surface area contributed by atoms with Crippen LogP contribution in [0.5, 0.6) is 0 Å². The molecule has 0 amide bonds. The molecule has 112 valence electrons. The van der Waals surface area contributed by atoms with Crippen LogP contribution in [-0.2, 0) is 13.0 Å². The molecule has 0 aliphatic heterocycles. The third kappa shape index (κ3) is 3.14. The third-order valence-corrected chi connectivity index (χ3v) is 3.50. The van der Waals surface area contributed by atoms with Gasteiger partial charge in [-0.05, 0) is 18.6 Å². The maximum atomic E-state index is 5.96. The lowest BCUT2D eigenvalue weighted by Crippen LogP contribution is -2.08. The maximum Gasteiger partial charge on any atom is 0.158 e. The van der Waals surface area contributed by atoms with E-state index < -0.39 is 0 Å². The summed E-state index contributed by atoms with van der Waals surface area (Å²) in [5.41, 5.74) is 2.70. The van der Waals surface area contributed by atoms with E-state index in [4.69, 9.17) is 11.6 Å². The van der Waals surface area contributed by atoms with E-state index >= 15 is 0 Å². The molecule has 3 heterocycles. The van der Waals surface area contributed by atoms with Crippen LogP contribution >= 0.6 is 11.6 Å². The molecule has 0 aromatic carbocycles. The summed E-state index contributed by atoms with van der Waals surface area (Å²) in [4.78, 5) is 17.6. The highest BCUT2D eigenvalue weighted by atomic mass is 35.5. The summed E-state index contributed by atoms with van der Waals surface area (Å²) in [6.07, 6.45) is 8.91. The summed E-state index contributed by atoms with van der Waals surface area (Å²) < 4.78 is 2.03. The summed E-state index contributed by atoms with van der Waals surface area (Å²) in [5, 5.41) is 0.433. The number of halogens is 1. The Labute approximate surface area is 134 Å². The van der Waals surface area contributed by atoms with E-state index in [1.165, 1.54) is 0 Å². The van der Waals surface area contributed by atoms with Crippen LogP contribution < -0.4 is 0 Å². The number of aromatic nitrogens is 5. The topological polar surface area (TPSA) is 56.5 Å². The lowest BCUT2D eigenvalue weighted by atomic mass is 10.2. The number of pyridine rings is 1. The lowest BCUT2D eigenvalue weighted by Gasteiger charge is -2.10. The largest absolute Gasteiger partial charge is 0.324 e. The lowest BCUT2D eigenvalue weighted by molar-refractivity contribution is 0.740. The molecule has 6 heteroatoms. The molecule has 0 saturated carbocycles. The molecule has 0 atom stereocenters. The van der Waals surface area contributed by atoms with E-state index in [0.717, 1.165) is 35.7 Å². The van der Waals surface area contributed by atoms with Gasteiger partial charge in [-0.3, -0.25) is 9.97 Å². The highest BCUT2D eigenvalue weighted by molar-refractivity contribution is 6.29. The van der Waals surface area contributed by atoms with E-state index in [-0.39, 0.29) is 0 Å². The molecule has 0 spiro atoms. The molecule has 0 bridgehead atoms. The van der Waals surface area contributed by atoms with E-state index in [1.807, 2.05) is 29.0 Å². The molecule has 3 rings (SSSR count). The minimum atomic E-state index is 0.433. The average Bonchev–Trinajstić information content (AvgIpc) is 2.99. The van der Waals surface area contributed by atoms with E-state index in [1.54, 1.807) is 18.6 Å². The molecule has 0 fully saturated rings. The van der Waals surface area contributed by atoms with Crippen LogP contribution in [0.3, 0.4) is 0 Å². The first-order valence-electron chi connectivity index (χ1n) is 7.20. The molecule has 22 heavy (non-hydrogen) atoms. The Morgan fingerprint density at radius 1 is 1.09 bits per heavy atom. The first kappa shape index (κ1) is 14.7. The van der Waals surface area contributed by atoms with Crippen molar-refractivity contribution in [2.75, 3.05) is 0 Å². The molecule has 0 unspecified atom stereocenters. The summed E-state index contributed by atoms with van der Waals surface area (Å²) in [7, 11) is 0. The summed E-state index contributed by atoms with van der Waals surface area (Å²) >= 11 is 5.96. The van der Waals surface area contributed by atoms with Gasteiger partial charge >= 0.3 is 0 Å². The van der Waals surface area contributed by atoms with Crippen LogP contribution in [0.4, 0.5) is 0 Å². The second-order valence-corrected chi connectivity index (χ2v) is 5.32. The molecule has 0 aliphatic carbocycles. The Kier molecular flexibility index (Phi) is 4.44. The molecule has 0 saturated heterocycles. The third-order valence-electron chi connectivity index (χ3n) is 3.32. The number of rotatable bonds is 5. The van der Waals surface area contributed by atoms with Gasteiger partial charge < -0.3 is 4.57 Å². The summed E-state index contributed by atoms with van der Waals surface area (Å²) in [6, 6.07) is 5.78. The minimum absolute atomic E-state index is 0.433. The van der Waals surface area contributed by atoms with E-state index in [2.05, 4.69) is 26.9 Å². The Hall–Kier alpha value is -2.27. The quantitative estimate of drug-likeness (QED) is 0.724. The number of nitrogens with zero attached hydrogens (tertiary/aromatic N) is 5. The fraction of sp³-hybridized carbons (Fsp3) is 0.250. The van der Waals surface area contributed by atoms with Crippen molar-refractivity contribution < 1.29 is 0 Å². The van der Waals surface area contributed by atoms with Gasteiger partial charge in [0.05, 0.1) is 24.1 Å². The summed E-state index contributed by atoms with van der Waals surface area (Å²) in [6.45, 7) is 2.72. The van der Waals surface area contributed by atoms with Gasteiger partial charge in [0.1, 0.15) is 10.8 Å². The van der Waals surface area contributed by atoms with Gasteiger partial charge in [-0.2, -0.15) is 0 Å². The maximum absolute atomic E-state index is 5.96.